The molecule has 5 nitrogen and oxygen atoms in total. The largest absolute Gasteiger partial charge is 0.392 e. The summed E-state index contributed by atoms with van der Waals surface area (Å²) in [5.41, 5.74) is 1.67. The minimum atomic E-state index is -0.752. The first-order chi connectivity index (χ1) is 8.52. The third-order valence-corrected chi connectivity index (χ3v) is 2.36. The van der Waals surface area contributed by atoms with Crippen molar-refractivity contribution < 1.29 is 14.7 Å². The molecule has 0 bridgehead atoms. The number of amides is 2. The zero-order valence-corrected chi connectivity index (χ0v) is 10.6. The molecule has 0 heterocycles. The number of benzene rings is 1. The average Bonchev–Trinajstić information content (AvgIpc) is 2.36. The number of nitrogens with one attached hydrogen (secondary N) is 2. The van der Waals surface area contributed by atoms with Gasteiger partial charge in [0.2, 0.25) is 0 Å². The molecular formula is C13H18N2O3. The van der Waals surface area contributed by atoms with E-state index in [1.807, 2.05) is 25.1 Å². The summed E-state index contributed by atoms with van der Waals surface area (Å²) < 4.78 is 0. The maximum Gasteiger partial charge on any atom is 0.313 e. The Balaban J connectivity index is 2.55. The van der Waals surface area contributed by atoms with Crippen molar-refractivity contribution in [2.75, 3.05) is 11.9 Å². The molecule has 1 unspecified atom stereocenters. The maximum absolute atomic E-state index is 11.5. The smallest absolute Gasteiger partial charge is 0.313 e. The van der Waals surface area contributed by atoms with Gasteiger partial charge in [-0.3, -0.25) is 9.59 Å². The Bertz CT molecular complexity index is 430. The third-order valence-electron chi connectivity index (χ3n) is 2.36. The van der Waals surface area contributed by atoms with Crippen LogP contribution in [0.3, 0.4) is 0 Å². The lowest BCUT2D eigenvalue weighted by molar-refractivity contribution is -0.136. The minimum absolute atomic E-state index is 0.0568. The van der Waals surface area contributed by atoms with Crippen molar-refractivity contribution in [2.24, 2.45) is 0 Å². The molecule has 0 aliphatic carbocycles. The molecule has 0 aliphatic rings. The van der Waals surface area contributed by atoms with Gasteiger partial charge in [0.1, 0.15) is 0 Å². The summed E-state index contributed by atoms with van der Waals surface area (Å²) in [7, 11) is 0. The Morgan fingerprint density at radius 3 is 2.67 bits per heavy atom. The Hall–Kier alpha value is -1.88. The van der Waals surface area contributed by atoms with Gasteiger partial charge in [0, 0.05) is 12.2 Å². The van der Waals surface area contributed by atoms with Gasteiger partial charge in [0.15, 0.2) is 0 Å². The SMILES string of the molecule is CCc1cccc(NC(=O)C(=O)NCC(C)O)c1. The van der Waals surface area contributed by atoms with Crippen LogP contribution in [0.15, 0.2) is 24.3 Å². The van der Waals surface area contributed by atoms with E-state index >= 15 is 0 Å². The van der Waals surface area contributed by atoms with Crippen molar-refractivity contribution >= 4 is 17.5 Å². The topological polar surface area (TPSA) is 78.4 Å². The van der Waals surface area contributed by atoms with E-state index in [1.54, 1.807) is 6.07 Å². The lowest BCUT2D eigenvalue weighted by atomic mass is 10.1. The van der Waals surface area contributed by atoms with Crippen LogP contribution in [0.1, 0.15) is 19.4 Å². The van der Waals surface area contributed by atoms with Crippen molar-refractivity contribution in [3.8, 4) is 0 Å². The molecule has 3 N–H and O–H groups in total. The Kier molecular flexibility index (Phi) is 5.32. The highest BCUT2D eigenvalue weighted by Gasteiger charge is 2.13. The van der Waals surface area contributed by atoms with Gasteiger partial charge in [0.25, 0.3) is 0 Å². The Labute approximate surface area is 106 Å². The van der Waals surface area contributed by atoms with Crippen LogP contribution in [0.25, 0.3) is 0 Å². The van der Waals surface area contributed by atoms with E-state index < -0.39 is 17.9 Å². The number of aryl methyl sites for hydroxylation is 1. The molecule has 0 fully saturated rings. The van der Waals surface area contributed by atoms with E-state index in [-0.39, 0.29) is 6.54 Å². The molecule has 5 heteroatoms. The average molecular weight is 250 g/mol. The van der Waals surface area contributed by atoms with Crippen LogP contribution in [0.5, 0.6) is 0 Å². The molecule has 1 atom stereocenters. The molecule has 2 amide bonds. The van der Waals surface area contributed by atoms with E-state index in [4.69, 9.17) is 5.11 Å². The van der Waals surface area contributed by atoms with Crippen molar-refractivity contribution in [3.05, 3.63) is 29.8 Å². The summed E-state index contributed by atoms with van der Waals surface area (Å²) in [6.07, 6.45) is 0.183. The molecule has 0 aliphatic heterocycles. The maximum atomic E-state index is 11.5. The molecule has 0 saturated heterocycles. The van der Waals surface area contributed by atoms with E-state index in [9.17, 15) is 9.59 Å². The lowest BCUT2D eigenvalue weighted by Gasteiger charge is -2.08. The first-order valence-electron chi connectivity index (χ1n) is 5.89. The quantitative estimate of drug-likeness (QED) is 0.688. The fourth-order valence-electron chi connectivity index (χ4n) is 1.38. The minimum Gasteiger partial charge on any atom is -0.392 e. The van der Waals surface area contributed by atoms with E-state index in [1.165, 1.54) is 6.92 Å². The van der Waals surface area contributed by atoms with Gasteiger partial charge in [-0.25, -0.2) is 0 Å². The highest BCUT2D eigenvalue weighted by Crippen LogP contribution is 2.10. The summed E-state index contributed by atoms with van der Waals surface area (Å²) in [4.78, 5) is 22.9. The normalized spacial score (nSPS) is 11.7. The number of aliphatic hydroxyl groups excluding tert-OH is 1. The molecule has 1 aromatic carbocycles. The first-order valence-corrected chi connectivity index (χ1v) is 5.89. The lowest BCUT2D eigenvalue weighted by Crippen LogP contribution is -2.38. The van der Waals surface area contributed by atoms with Crippen LogP contribution in [0, 0.1) is 0 Å². The highest BCUT2D eigenvalue weighted by atomic mass is 16.3. The van der Waals surface area contributed by atoms with Gasteiger partial charge in [-0.1, -0.05) is 19.1 Å². The highest BCUT2D eigenvalue weighted by molar-refractivity contribution is 6.39. The molecule has 1 aromatic rings. The Morgan fingerprint density at radius 1 is 1.33 bits per heavy atom. The van der Waals surface area contributed by atoms with Crippen LogP contribution in [-0.4, -0.2) is 29.6 Å². The van der Waals surface area contributed by atoms with Crippen molar-refractivity contribution in [2.45, 2.75) is 26.4 Å². The predicted octanol–water partition coefficient (Wildman–Crippen LogP) is 0.684. The van der Waals surface area contributed by atoms with Gasteiger partial charge in [-0.2, -0.15) is 0 Å². The van der Waals surface area contributed by atoms with Gasteiger partial charge in [-0.15, -0.1) is 0 Å². The van der Waals surface area contributed by atoms with Crippen molar-refractivity contribution in [3.63, 3.8) is 0 Å². The summed E-state index contributed by atoms with van der Waals surface area (Å²) in [5.74, 6) is -1.48. The molecule has 0 saturated carbocycles. The molecular weight excluding hydrogens is 232 g/mol. The van der Waals surface area contributed by atoms with Crippen molar-refractivity contribution in [1.82, 2.24) is 5.32 Å². The first kappa shape index (κ1) is 14.2. The fourth-order valence-corrected chi connectivity index (χ4v) is 1.38. The van der Waals surface area contributed by atoms with Gasteiger partial charge in [-0.05, 0) is 31.0 Å². The number of carbonyl (C=O) groups excluding carboxylic acids is 2. The zero-order chi connectivity index (χ0) is 13.5. The zero-order valence-electron chi connectivity index (χ0n) is 10.6. The van der Waals surface area contributed by atoms with Crippen LogP contribution >= 0.6 is 0 Å². The number of rotatable bonds is 4. The van der Waals surface area contributed by atoms with E-state index in [2.05, 4.69) is 10.6 Å². The second kappa shape index (κ2) is 6.76. The van der Waals surface area contributed by atoms with Crippen LogP contribution in [0.2, 0.25) is 0 Å². The molecule has 0 spiro atoms. The molecule has 18 heavy (non-hydrogen) atoms. The summed E-state index contributed by atoms with van der Waals surface area (Å²) in [5, 5.41) is 13.8. The number of hydrogen-bond acceptors (Lipinski definition) is 3. The van der Waals surface area contributed by atoms with E-state index in [0.29, 0.717) is 5.69 Å². The van der Waals surface area contributed by atoms with Gasteiger partial charge >= 0.3 is 11.8 Å². The van der Waals surface area contributed by atoms with Crippen molar-refractivity contribution in [1.29, 1.82) is 0 Å². The second-order valence-corrected chi connectivity index (χ2v) is 4.07. The molecule has 1 rings (SSSR count). The van der Waals surface area contributed by atoms with Crippen LogP contribution in [-0.2, 0) is 16.0 Å². The second-order valence-electron chi connectivity index (χ2n) is 4.07. The number of hydrogen-bond donors (Lipinski definition) is 3. The predicted molar refractivity (Wildman–Crippen MR) is 69.1 cm³/mol. The van der Waals surface area contributed by atoms with Crippen LogP contribution < -0.4 is 10.6 Å². The number of aliphatic hydroxyl groups is 1. The standard InChI is InChI=1S/C13H18N2O3/c1-3-10-5-4-6-11(7-10)15-13(18)12(17)14-8-9(2)16/h4-7,9,16H,3,8H2,1-2H3,(H,14,17)(H,15,18). The van der Waals surface area contributed by atoms with Crippen LogP contribution in [0.4, 0.5) is 5.69 Å². The van der Waals surface area contributed by atoms with E-state index in [0.717, 1.165) is 12.0 Å². The van der Waals surface area contributed by atoms with Gasteiger partial charge in [0.05, 0.1) is 6.10 Å². The monoisotopic (exact) mass is 250 g/mol. The summed E-state index contributed by atoms with van der Waals surface area (Å²) >= 11 is 0. The summed E-state index contributed by atoms with van der Waals surface area (Å²) in [6.45, 7) is 3.60. The molecule has 0 radical (unpaired) electrons. The fraction of sp³-hybridized carbons (Fsp3) is 0.385. The number of anilines is 1. The molecule has 0 aromatic heterocycles. The third kappa shape index (κ3) is 4.55. The Morgan fingerprint density at radius 2 is 2.06 bits per heavy atom. The molecule has 98 valence electrons. The number of carbonyl (C=O) groups is 2. The summed E-state index contributed by atoms with van der Waals surface area (Å²) in [6, 6.07) is 7.31. The van der Waals surface area contributed by atoms with Gasteiger partial charge < -0.3 is 15.7 Å².